The number of hydrogen-bond donors (Lipinski definition) is 1. The van der Waals surface area contributed by atoms with Crippen LogP contribution in [0.5, 0.6) is 11.5 Å². The van der Waals surface area contributed by atoms with Crippen molar-refractivity contribution in [2.45, 2.75) is 6.92 Å². The summed E-state index contributed by atoms with van der Waals surface area (Å²) in [6.45, 7) is 1.63. The molecule has 0 atom stereocenters. The molecule has 0 aliphatic heterocycles. The monoisotopic (exact) mass is 280 g/mol. The summed E-state index contributed by atoms with van der Waals surface area (Å²) in [4.78, 5) is 11.1. The van der Waals surface area contributed by atoms with E-state index in [0.29, 0.717) is 10.6 Å². The van der Waals surface area contributed by atoms with Crippen LogP contribution >= 0.6 is 11.6 Å². The van der Waals surface area contributed by atoms with E-state index in [2.05, 4.69) is 0 Å². The van der Waals surface area contributed by atoms with Crippen LogP contribution in [0.4, 0.5) is 4.39 Å². The van der Waals surface area contributed by atoms with Gasteiger partial charge in [-0.15, -0.1) is 0 Å². The van der Waals surface area contributed by atoms with E-state index in [1.807, 2.05) is 0 Å². The van der Waals surface area contributed by atoms with Gasteiger partial charge in [-0.25, -0.2) is 9.18 Å². The average Bonchev–Trinajstić information content (AvgIpc) is 2.36. The molecule has 0 radical (unpaired) electrons. The number of hydrogen-bond acceptors (Lipinski definition) is 2. The molecule has 2 rings (SSSR count). The summed E-state index contributed by atoms with van der Waals surface area (Å²) in [6, 6.07) is 8.55. The largest absolute Gasteiger partial charge is 0.478 e. The van der Waals surface area contributed by atoms with E-state index in [1.54, 1.807) is 19.1 Å². The molecule has 0 aliphatic carbocycles. The fraction of sp³-hybridized carbons (Fsp3) is 0.0714. The molecular weight excluding hydrogens is 271 g/mol. The van der Waals surface area contributed by atoms with Gasteiger partial charge in [0, 0.05) is 11.1 Å². The van der Waals surface area contributed by atoms with Crippen LogP contribution in [0.3, 0.4) is 0 Å². The fourth-order valence-corrected chi connectivity index (χ4v) is 1.69. The van der Waals surface area contributed by atoms with Gasteiger partial charge >= 0.3 is 5.97 Å². The lowest BCUT2D eigenvalue weighted by atomic mass is 10.2. The number of aryl methyl sites for hydroxylation is 1. The molecule has 19 heavy (non-hydrogen) atoms. The van der Waals surface area contributed by atoms with E-state index in [1.165, 1.54) is 24.3 Å². The molecule has 5 heteroatoms. The Morgan fingerprint density at radius 3 is 2.63 bits per heavy atom. The summed E-state index contributed by atoms with van der Waals surface area (Å²) in [5.74, 6) is -1.23. The lowest BCUT2D eigenvalue weighted by Gasteiger charge is -2.09. The summed E-state index contributed by atoms with van der Waals surface area (Å²) in [6.07, 6.45) is 0. The lowest BCUT2D eigenvalue weighted by Crippen LogP contribution is -2.00. The van der Waals surface area contributed by atoms with Gasteiger partial charge in [0.15, 0.2) is 0 Å². The molecule has 0 bridgehead atoms. The fourth-order valence-electron chi connectivity index (χ4n) is 1.52. The van der Waals surface area contributed by atoms with Crippen LogP contribution < -0.4 is 4.74 Å². The summed E-state index contributed by atoms with van der Waals surface area (Å²) in [5.41, 5.74) is 0.412. The standard InChI is InChI=1S/C14H10ClFO3/c1-8-2-4-10(7-12(8)16)19-13-5-3-9(15)6-11(13)14(17)18/h2-7H,1H3,(H,17,18). The second-order valence-corrected chi connectivity index (χ2v) is 4.40. The molecule has 0 aromatic heterocycles. The third-order valence-corrected chi connectivity index (χ3v) is 2.78. The van der Waals surface area contributed by atoms with Crippen molar-refractivity contribution >= 4 is 17.6 Å². The van der Waals surface area contributed by atoms with Gasteiger partial charge in [-0.05, 0) is 36.8 Å². The summed E-state index contributed by atoms with van der Waals surface area (Å²) in [5, 5.41) is 9.35. The molecule has 1 N–H and O–H groups in total. The minimum Gasteiger partial charge on any atom is -0.478 e. The van der Waals surface area contributed by atoms with Gasteiger partial charge in [0.05, 0.1) is 0 Å². The van der Waals surface area contributed by atoms with Gasteiger partial charge in [0.2, 0.25) is 0 Å². The number of benzene rings is 2. The maximum atomic E-state index is 13.4. The average molecular weight is 281 g/mol. The highest BCUT2D eigenvalue weighted by molar-refractivity contribution is 6.31. The SMILES string of the molecule is Cc1ccc(Oc2ccc(Cl)cc2C(=O)O)cc1F. The summed E-state index contributed by atoms with van der Waals surface area (Å²) < 4.78 is 18.8. The van der Waals surface area contributed by atoms with E-state index in [9.17, 15) is 9.18 Å². The first-order valence-electron chi connectivity index (χ1n) is 5.44. The van der Waals surface area contributed by atoms with E-state index < -0.39 is 11.8 Å². The van der Waals surface area contributed by atoms with Crippen LogP contribution in [0, 0.1) is 12.7 Å². The molecule has 2 aromatic rings. The van der Waals surface area contributed by atoms with Crippen molar-refractivity contribution in [3.8, 4) is 11.5 Å². The van der Waals surface area contributed by atoms with Crippen molar-refractivity contribution in [1.29, 1.82) is 0 Å². The van der Waals surface area contributed by atoms with E-state index >= 15 is 0 Å². The third-order valence-electron chi connectivity index (χ3n) is 2.54. The summed E-state index contributed by atoms with van der Waals surface area (Å²) in [7, 11) is 0. The Bertz CT molecular complexity index is 641. The molecule has 0 fully saturated rings. The summed E-state index contributed by atoms with van der Waals surface area (Å²) >= 11 is 5.73. The van der Waals surface area contributed by atoms with Crippen LogP contribution in [0.25, 0.3) is 0 Å². The second-order valence-electron chi connectivity index (χ2n) is 3.96. The normalized spacial score (nSPS) is 10.3. The van der Waals surface area contributed by atoms with Crippen molar-refractivity contribution in [2.24, 2.45) is 0 Å². The molecule has 98 valence electrons. The smallest absolute Gasteiger partial charge is 0.339 e. The Hall–Kier alpha value is -2.07. The van der Waals surface area contributed by atoms with Gasteiger partial charge in [-0.1, -0.05) is 17.7 Å². The first kappa shape index (κ1) is 13.4. The molecule has 0 spiro atoms. The Morgan fingerprint density at radius 2 is 2.00 bits per heavy atom. The first-order chi connectivity index (χ1) is 8.97. The number of halogens is 2. The van der Waals surface area contributed by atoms with Crippen molar-refractivity contribution < 1.29 is 19.0 Å². The van der Waals surface area contributed by atoms with Gasteiger partial charge in [0.25, 0.3) is 0 Å². The van der Waals surface area contributed by atoms with Crippen LogP contribution in [0.15, 0.2) is 36.4 Å². The van der Waals surface area contributed by atoms with Crippen LogP contribution in [-0.4, -0.2) is 11.1 Å². The quantitative estimate of drug-likeness (QED) is 0.913. The highest BCUT2D eigenvalue weighted by Crippen LogP contribution is 2.28. The van der Waals surface area contributed by atoms with Crippen LogP contribution in [-0.2, 0) is 0 Å². The zero-order chi connectivity index (χ0) is 14.0. The number of carboxylic acids is 1. The van der Waals surface area contributed by atoms with Gasteiger partial charge in [0.1, 0.15) is 22.9 Å². The van der Waals surface area contributed by atoms with Crippen LogP contribution in [0.2, 0.25) is 5.02 Å². The zero-order valence-electron chi connectivity index (χ0n) is 9.98. The predicted octanol–water partition coefficient (Wildman–Crippen LogP) is 4.28. The number of carbonyl (C=O) groups is 1. The van der Waals surface area contributed by atoms with Crippen molar-refractivity contribution in [2.75, 3.05) is 0 Å². The van der Waals surface area contributed by atoms with Gasteiger partial charge in [-0.2, -0.15) is 0 Å². The molecule has 0 heterocycles. The molecule has 0 saturated heterocycles. The number of ether oxygens (including phenoxy) is 1. The number of rotatable bonds is 3. The molecule has 0 saturated carbocycles. The number of aromatic carboxylic acids is 1. The highest BCUT2D eigenvalue weighted by atomic mass is 35.5. The third kappa shape index (κ3) is 3.03. The first-order valence-corrected chi connectivity index (χ1v) is 5.82. The maximum Gasteiger partial charge on any atom is 0.339 e. The Balaban J connectivity index is 2.37. The van der Waals surface area contributed by atoms with Gasteiger partial charge in [-0.3, -0.25) is 0 Å². The topological polar surface area (TPSA) is 46.5 Å². The minimum absolute atomic E-state index is 0.0755. The second kappa shape index (κ2) is 5.28. The molecular formula is C14H10ClFO3. The molecule has 2 aromatic carbocycles. The molecule has 0 aliphatic rings. The van der Waals surface area contributed by atoms with E-state index in [-0.39, 0.29) is 17.1 Å². The molecule has 3 nitrogen and oxygen atoms in total. The highest BCUT2D eigenvalue weighted by Gasteiger charge is 2.13. The van der Waals surface area contributed by atoms with E-state index in [0.717, 1.165) is 0 Å². The Labute approximate surface area is 114 Å². The van der Waals surface area contributed by atoms with Crippen LogP contribution in [0.1, 0.15) is 15.9 Å². The van der Waals surface area contributed by atoms with Gasteiger partial charge < -0.3 is 9.84 Å². The zero-order valence-corrected chi connectivity index (χ0v) is 10.7. The predicted molar refractivity (Wildman–Crippen MR) is 69.6 cm³/mol. The van der Waals surface area contributed by atoms with Crippen molar-refractivity contribution in [3.63, 3.8) is 0 Å². The van der Waals surface area contributed by atoms with Crippen molar-refractivity contribution in [3.05, 3.63) is 58.4 Å². The Morgan fingerprint density at radius 1 is 1.26 bits per heavy atom. The minimum atomic E-state index is -1.16. The molecule has 0 unspecified atom stereocenters. The lowest BCUT2D eigenvalue weighted by molar-refractivity contribution is 0.0694. The van der Waals surface area contributed by atoms with E-state index in [4.69, 9.17) is 21.4 Å². The maximum absolute atomic E-state index is 13.4. The van der Waals surface area contributed by atoms with Crippen molar-refractivity contribution in [1.82, 2.24) is 0 Å². The number of carboxylic acid groups (broad SMARTS) is 1. The molecule has 0 amide bonds. The Kier molecular flexibility index (Phi) is 3.71.